The molecule has 4 rings (SSSR count). The van der Waals surface area contributed by atoms with Gasteiger partial charge in [0.15, 0.2) is 23.2 Å². The van der Waals surface area contributed by atoms with E-state index in [1.807, 2.05) is 20.8 Å². The van der Waals surface area contributed by atoms with Crippen LogP contribution >= 0.6 is 0 Å². The number of aliphatic hydroxyl groups excluding tert-OH is 1. The number of hydrogen-bond acceptors (Lipinski definition) is 8. The van der Waals surface area contributed by atoms with Crippen LogP contribution in [0.3, 0.4) is 0 Å². The second kappa shape index (κ2) is 6.55. The molecule has 2 saturated heterocycles. The van der Waals surface area contributed by atoms with Crippen molar-refractivity contribution in [3.63, 3.8) is 0 Å². The van der Waals surface area contributed by atoms with Crippen LogP contribution in [0.5, 0.6) is 0 Å². The van der Waals surface area contributed by atoms with E-state index in [1.165, 1.54) is 10.9 Å². The molecule has 10 heteroatoms. The number of anilines is 1. The van der Waals surface area contributed by atoms with Gasteiger partial charge in [-0.05, 0) is 20.3 Å². The van der Waals surface area contributed by atoms with Crippen LogP contribution in [-0.4, -0.2) is 54.9 Å². The Balaban J connectivity index is 1.75. The minimum absolute atomic E-state index is 0.139. The maximum absolute atomic E-state index is 12.8. The molecule has 3 N–H and O–H groups in total. The van der Waals surface area contributed by atoms with Crippen molar-refractivity contribution in [1.82, 2.24) is 19.1 Å². The van der Waals surface area contributed by atoms with E-state index in [2.05, 4.69) is 9.97 Å². The zero-order chi connectivity index (χ0) is 19.3. The van der Waals surface area contributed by atoms with Crippen molar-refractivity contribution < 1.29 is 19.3 Å². The molecule has 0 radical (unpaired) electrons. The first-order chi connectivity index (χ1) is 12.9. The number of unbranched alkanes of at least 4 members (excludes halogenated alkanes) is 1. The number of ether oxygens (including phenoxy) is 3. The van der Waals surface area contributed by atoms with E-state index in [1.54, 1.807) is 4.57 Å². The monoisotopic (exact) mass is 379 g/mol. The average Bonchev–Trinajstić information content (AvgIpc) is 3.25. The third-order valence-corrected chi connectivity index (χ3v) is 5.03. The van der Waals surface area contributed by atoms with Crippen molar-refractivity contribution in [2.45, 2.75) is 70.5 Å². The summed E-state index contributed by atoms with van der Waals surface area (Å²) in [5.74, 6) is -0.652. The van der Waals surface area contributed by atoms with Gasteiger partial charge in [0.1, 0.15) is 18.3 Å². The van der Waals surface area contributed by atoms with Gasteiger partial charge in [0.25, 0.3) is 5.56 Å². The molecule has 27 heavy (non-hydrogen) atoms. The highest BCUT2D eigenvalue weighted by molar-refractivity contribution is 5.71. The van der Waals surface area contributed by atoms with Crippen LogP contribution in [0.25, 0.3) is 11.2 Å². The van der Waals surface area contributed by atoms with Crippen molar-refractivity contribution in [2.24, 2.45) is 0 Å². The SMILES string of the molecule is CCCCn1c(N)nc2c(ncn2[C@@H]2O[C@H](CO)[C@H]3OC(C)(C)O[C@H]32)c1=O. The van der Waals surface area contributed by atoms with Gasteiger partial charge in [0.2, 0.25) is 5.95 Å². The number of rotatable bonds is 5. The highest BCUT2D eigenvalue weighted by Gasteiger charge is 2.56. The number of nitrogens with zero attached hydrogens (tertiary/aromatic N) is 4. The Kier molecular flexibility index (Phi) is 4.46. The lowest BCUT2D eigenvalue weighted by molar-refractivity contribution is -0.199. The molecular formula is C17H25N5O5. The predicted octanol–water partition coefficient (Wildman–Crippen LogP) is 0.385. The maximum Gasteiger partial charge on any atom is 0.283 e. The van der Waals surface area contributed by atoms with E-state index in [-0.39, 0.29) is 23.6 Å². The van der Waals surface area contributed by atoms with Crippen LogP contribution in [-0.2, 0) is 20.8 Å². The maximum atomic E-state index is 12.8. The van der Waals surface area contributed by atoms with Gasteiger partial charge >= 0.3 is 0 Å². The van der Waals surface area contributed by atoms with Crippen molar-refractivity contribution in [1.29, 1.82) is 0 Å². The van der Waals surface area contributed by atoms with Crippen LogP contribution in [0, 0.1) is 0 Å². The second-order valence-electron chi connectivity index (χ2n) is 7.42. The van der Waals surface area contributed by atoms with E-state index >= 15 is 0 Å². The summed E-state index contributed by atoms with van der Waals surface area (Å²) in [6.07, 6.45) is 1.21. The van der Waals surface area contributed by atoms with Gasteiger partial charge < -0.3 is 25.1 Å². The molecule has 2 aromatic rings. The lowest BCUT2D eigenvalue weighted by Crippen LogP contribution is -2.31. The molecule has 0 unspecified atom stereocenters. The summed E-state index contributed by atoms with van der Waals surface area (Å²) >= 11 is 0. The molecule has 148 valence electrons. The molecule has 2 fully saturated rings. The number of imidazole rings is 1. The van der Waals surface area contributed by atoms with Crippen molar-refractivity contribution in [3.05, 3.63) is 16.7 Å². The van der Waals surface area contributed by atoms with E-state index < -0.39 is 30.3 Å². The van der Waals surface area contributed by atoms with Gasteiger partial charge in [-0.3, -0.25) is 13.9 Å². The van der Waals surface area contributed by atoms with Gasteiger partial charge in [-0.25, -0.2) is 4.98 Å². The highest BCUT2D eigenvalue weighted by Crippen LogP contribution is 2.43. The Morgan fingerprint density at radius 2 is 2.07 bits per heavy atom. The zero-order valence-electron chi connectivity index (χ0n) is 15.7. The fourth-order valence-electron chi connectivity index (χ4n) is 3.77. The second-order valence-corrected chi connectivity index (χ2v) is 7.42. The third kappa shape index (κ3) is 2.92. The Morgan fingerprint density at radius 3 is 2.78 bits per heavy atom. The molecule has 0 bridgehead atoms. The number of nitrogen functional groups attached to an aromatic ring is 1. The first-order valence-corrected chi connectivity index (χ1v) is 9.21. The molecule has 4 atom stereocenters. The minimum Gasteiger partial charge on any atom is -0.394 e. The van der Waals surface area contributed by atoms with Crippen LogP contribution in [0.15, 0.2) is 11.1 Å². The topological polar surface area (TPSA) is 127 Å². The quantitative estimate of drug-likeness (QED) is 0.764. The lowest BCUT2D eigenvalue weighted by atomic mass is 10.1. The molecule has 10 nitrogen and oxygen atoms in total. The lowest BCUT2D eigenvalue weighted by Gasteiger charge is -2.24. The van der Waals surface area contributed by atoms with E-state index in [4.69, 9.17) is 19.9 Å². The zero-order valence-corrected chi connectivity index (χ0v) is 15.7. The van der Waals surface area contributed by atoms with Crippen molar-refractivity contribution in [2.75, 3.05) is 12.3 Å². The summed E-state index contributed by atoms with van der Waals surface area (Å²) < 4.78 is 20.9. The molecule has 2 aliphatic heterocycles. The number of fused-ring (bicyclic) bond motifs is 2. The molecular weight excluding hydrogens is 354 g/mol. The first kappa shape index (κ1) is 18.4. The van der Waals surface area contributed by atoms with Crippen LogP contribution in [0.2, 0.25) is 0 Å². The molecule has 0 aliphatic carbocycles. The molecule has 4 heterocycles. The van der Waals surface area contributed by atoms with Gasteiger partial charge in [0.05, 0.1) is 12.9 Å². The van der Waals surface area contributed by atoms with Crippen molar-refractivity contribution >= 4 is 17.1 Å². The predicted molar refractivity (Wildman–Crippen MR) is 95.9 cm³/mol. The van der Waals surface area contributed by atoms with Gasteiger partial charge in [-0.1, -0.05) is 13.3 Å². The number of aliphatic hydroxyl groups is 1. The molecule has 2 aromatic heterocycles. The van der Waals surface area contributed by atoms with Crippen LogP contribution in [0.1, 0.15) is 39.8 Å². The van der Waals surface area contributed by atoms with Crippen LogP contribution in [0.4, 0.5) is 5.95 Å². The Morgan fingerprint density at radius 1 is 1.33 bits per heavy atom. The summed E-state index contributed by atoms with van der Waals surface area (Å²) in [7, 11) is 0. The van der Waals surface area contributed by atoms with Gasteiger partial charge in [-0.15, -0.1) is 0 Å². The van der Waals surface area contributed by atoms with E-state index in [0.717, 1.165) is 12.8 Å². The van der Waals surface area contributed by atoms with E-state index in [9.17, 15) is 9.90 Å². The minimum atomic E-state index is -0.791. The summed E-state index contributed by atoms with van der Waals surface area (Å²) in [6, 6.07) is 0. The number of nitrogens with two attached hydrogens (primary N) is 1. The Bertz CT molecular complexity index is 907. The molecule has 2 aliphatic rings. The van der Waals surface area contributed by atoms with Gasteiger partial charge in [-0.2, -0.15) is 4.98 Å². The Labute approximate surface area is 155 Å². The fourth-order valence-corrected chi connectivity index (χ4v) is 3.77. The summed E-state index contributed by atoms with van der Waals surface area (Å²) in [5.41, 5.74) is 6.32. The third-order valence-electron chi connectivity index (χ3n) is 5.03. The number of hydrogen-bond donors (Lipinski definition) is 2. The fraction of sp³-hybridized carbons (Fsp3) is 0.706. The molecule has 0 aromatic carbocycles. The molecule has 0 amide bonds. The first-order valence-electron chi connectivity index (χ1n) is 9.21. The van der Waals surface area contributed by atoms with E-state index in [0.29, 0.717) is 12.2 Å². The average molecular weight is 379 g/mol. The highest BCUT2D eigenvalue weighted by atomic mass is 16.8. The molecule has 0 saturated carbocycles. The number of aromatic nitrogens is 4. The Hall–Kier alpha value is -2.01. The summed E-state index contributed by atoms with van der Waals surface area (Å²) in [5, 5.41) is 9.64. The van der Waals surface area contributed by atoms with Crippen LogP contribution < -0.4 is 11.3 Å². The summed E-state index contributed by atoms with van der Waals surface area (Å²) in [4.78, 5) is 21.4. The normalized spacial score (nSPS) is 29.5. The van der Waals surface area contributed by atoms with Crippen molar-refractivity contribution in [3.8, 4) is 0 Å². The van der Waals surface area contributed by atoms with Gasteiger partial charge in [0, 0.05) is 6.54 Å². The standard InChI is InChI=1S/C17H25N5O5/c1-4-5-6-21-14(24)10-13(20-16(21)18)22(8-19-10)15-12-11(9(7-23)25-15)26-17(2,3)27-12/h8-9,11-12,15,23H,4-7H2,1-3H3,(H2,18,20)/t9-,11-,12-,15-/m1/s1. The largest absolute Gasteiger partial charge is 0.394 e. The molecule has 0 spiro atoms. The summed E-state index contributed by atoms with van der Waals surface area (Å²) in [6.45, 7) is 5.96. The smallest absolute Gasteiger partial charge is 0.283 e.